The van der Waals surface area contributed by atoms with Gasteiger partial charge in [0.25, 0.3) is 5.91 Å². The van der Waals surface area contributed by atoms with Crippen LogP contribution in [-0.2, 0) is 11.2 Å². The molecule has 5 rings (SSSR count). The predicted molar refractivity (Wildman–Crippen MR) is 125 cm³/mol. The molecule has 10 heteroatoms. The fraction of sp³-hybridized carbons (Fsp3) is 0.375. The van der Waals surface area contributed by atoms with Crippen LogP contribution in [0.1, 0.15) is 41.6 Å². The lowest BCUT2D eigenvalue weighted by molar-refractivity contribution is 0.0621. The summed E-state index contributed by atoms with van der Waals surface area (Å²) in [6.45, 7) is 0.833. The zero-order valence-electron chi connectivity index (χ0n) is 18.2. The number of hydrogen-bond acceptors (Lipinski definition) is 6. The lowest BCUT2D eigenvalue weighted by Crippen LogP contribution is -2.45. The number of carbonyl (C=O) groups excluding carboxylic acids is 2. The highest BCUT2D eigenvalue weighted by Gasteiger charge is 2.45. The molecule has 2 aliphatic heterocycles. The minimum absolute atomic E-state index is 0.134. The summed E-state index contributed by atoms with van der Waals surface area (Å²) in [5.74, 6) is 0.392. The van der Waals surface area contributed by atoms with Gasteiger partial charge in [0.2, 0.25) is 0 Å². The summed E-state index contributed by atoms with van der Waals surface area (Å²) in [5, 5.41) is 15.3. The molecular weight excluding hydrogens is 481 g/mol. The molecule has 3 aliphatic rings. The first kappa shape index (κ1) is 24.0. The Balaban J connectivity index is 1.60. The summed E-state index contributed by atoms with van der Waals surface area (Å²) >= 11 is 12.5. The van der Waals surface area contributed by atoms with Gasteiger partial charge in [0.1, 0.15) is 17.0 Å². The Morgan fingerprint density at radius 1 is 1.12 bits per heavy atom. The van der Waals surface area contributed by atoms with Crippen molar-refractivity contribution in [1.29, 1.82) is 5.26 Å². The largest absolute Gasteiger partial charge is 0.493 e. The first-order valence-corrected chi connectivity index (χ1v) is 11.7. The van der Waals surface area contributed by atoms with Crippen LogP contribution in [0.25, 0.3) is 0 Å². The van der Waals surface area contributed by atoms with E-state index in [-0.39, 0.29) is 12.0 Å². The average molecular weight is 504 g/mol. The number of amides is 2. The second-order valence-electron chi connectivity index (χ2n) is 8.20. The summed E-state index contributed by atoms with van der Waals surface area (Å²) < 4.78 is 17.1. The van der Waals surface area contributed by atoms with Gasteiger partial charge in [0.15, 0.2) is 6.23 Å². The van der Waals surface area contributed by atoms with Crippen molar-refractivity contribution in [3.05, 3.63) is 57.6 Å². The van der Waals surface area contributed by atoms with Crippen LogP contribution < -0.4 is 20.1 Å². The van der Waals surface area contributed by atoms with Gasteiger partial charge < -0.3 is 24.8 Å². The molecule has 0 unspecified atom stereocenters. The fourth-order valence-electron chi connectivity index (χ4n) is 3.47. The third kappa shape index (κ3) is 6.04. The molecule has 2 bridgehead atoms. The molecule has 1 saturated carbocycles. The lowest BCUT2D eigenvalue weighted by Gasteiger charge is -2.22. The maximum Gasteiger partial charge on any atom is 0.410 e. The Hall–Kier alpha value is -3.15. The van der Waals surface area contributed by atoms with Gasteiger partial charge in [-0.15, -0.1) is 0 Å². The van der Waals surface area contributed by atoms with Crippen molar-refractivity contribution in [2.24, 2.45) is 0 Å². The third-order valence-corrected chi connectivity index (χ3v) is 6.03. The van der Waals surface area contributed by atoms with Crippen LogP contribution in [-0.4, -0.2) is 37.0 Å². The standard InChI is InChI=1S/C24H23Cl2N3O5/c25-16-4-6-19-17(13-16)22(30)28-21(34-23(31)29-24(14-27)7-8-24)12-15-3-5-20(18(26)11-15)33-10-2-1-9-32-19/h3-6,11,13,21H,1-2,7-10,12H2,(H,28,30)(H,29,31)/t21-/m0/s1. The molecule has 0 aromatic heterocycles. The number of halogens is 2. The van der Waals surface area contributed by atoms with Crippen molar-refractivity contribution in [3.63, 3.8) is 0 Å². The minimum atomic E-state index is -1.05. The molecule has 2 heterocycles. The number of fused-ring (bicyclic) bond motifs is 10. The summed E-state index contributed by atoms with van der Waals surface area (Å²) in [6.07, 6.45) is 0.826. The molecule has 0 radical (unpaired) electrons. The summed E-state index contributed by atoms with van der Waals surface area (Å²) in [5.41, 5.74) is 0.0239. The normalized spacial score (nSPS) is 19.4. The number of nitriles is 1. The number of ether oxygens (including phenoxy) is 3. The van der Waals surface area contributed by atoms with Crippen molar-refractivity contribution in [2.45, 2.75) is 43.9 Å². The SMILES string of the molecule is N#CC1(NC(=O)O[C@H]2Cc3ccc(c(Cl)c3)OCCCCOc3ccc(Cl)cc3C(=O)N2)CC1. The summed E-state index contributed by atoms with van der Waals surface area (Å²) in [4.78, 5) is 25.6. The van der Waals surface area contributed by atoms with E-state index in [4.69, 9.17) is 37.4 Å². The Morgan fingerprint density at radius 2 is 1.82 bits per heavy atom. The quantitative estimate of drug-likeness (QED) is 0.618. The molecule has 1 fully saturated rings. The van der Waals surface area contributed by atoms with E-state index in [1.807, 2.05) is 0 Å². The van der Waals surface area contributed by atoms with Gasteiger partial charge in [-0.3, -0.25) is 4.79 Å². The van der Waals surface area contributed by atoms with Gasteiger partial charge in [-0.1, -0.05) is 29.3 Å². The number of carbonyl (C=O) groups is 2. The van der Waals surface area contributed by atoms with Crippen molar-refractivity contribution >= 4 is 35.2 Å². The topological polar surface area (TPSA) is 110 Å². The fourth-order valence-corrected chi connectivity index (χ4v) is 3.90. The molecule has 1 aliphatic carbocycles. The molecule has 1 atom stereocenters. The van der Waals surface area contributed by atoms with Crippen molar-refractivity contribution in [3.8, 4) is 17.6 Å². The van der Waals surface area contributed by atoms with Crippen molar-refractivity contribution in [1.82, 2.24) is 10.6 Å². The Morgan fingerprint density at radius 3 is 2.50 bits per heavy atom. The first-order valence-electron chi connectivity index (χ1n) is 10.9. The Bertz CT molecular complexity index is 1130. The smallest absolute Gasteiger partial charge is 0.410 e. The van der Waals surface area contributed by atoms with Crippen LogP contribution in [0, 0.1) is 11.3 Å². The predicted octanol–water partition coefficient (Wildman–Crippen LogP) is 4.63. The van der Waals surface area contributed by atoms with Crippen LogP contribution in [0.5, 0.6) is 11.5 Å². The molecule has 0 spiro atoms. The van der Waals surface area contributed by atoms with Crippen LogP contribution in [0.3, 0.4) is 0 Å². The van der Waals surface area contributed by atoms with Gasteiger partial charge in [0, 0.05) is 11.4 Å². The molecule has 2 aromatic rings. The van der Waals surface area contributed by atoms with Gasteiger partial charge in [0.05, 0.1) is 29.9 Å². The minimum Gasteiger partial charge on any atom is -0.493 e. The molecule has 2 amide bonds. The number of nitrogens with one attached hydrogen (secondary N) is 2. The summed E-state index contributed by atoms with van der Waals surface area (Å²) in [6, 6.07) is 12.1. The molecular formula is C24H23Cl2N3O5. The van der Waals surface area contributed by atoms with Gasteiger partial charge >= 0.3 is 6.09 Å². The molecule has 178 valence electrons. The highest BCUT2D eigenvalue weighted by atomic mass is 35.5. The second-order valence-corrected chi connectivity index (χ2v) is 9.04. The number of alkyl carbamates (subject to hydrolysis) is 1. The zero-order valence-corrected chi connectivity index (χ0v) is 19.7. The highest BCUT2D eigenvalue weighted by Crippen LogP contribution is 2.34. The molecule has 2 N–H and O–H groups in total. The number of hydrogen-bond donors (Lipinski definition) is 2. The number of rotatable bonds is 2. The molecule has 34 heavy (non-hydrogen) atoms. The second kappa shape index (κ2) is 10.4. The first-order chi connectivity index (χ1) is 16.4. The zero-order chi connectivity index (χ0) is 24.1. The molecule has 2 aromatic carbocycles. The average Bonchev–Trinajstić information content (AvgIpc) is 3.57. The van der Waals surface area contributed by atoms with E-state index in [1.165, 1.54) is 6.07 Å². The monoisotopic (exact) mass is 503 g/mol. The Labute approximate surface area is 207 Å². The van der Waals surface area contributed by atoms with Gasteiger partial charge in [-0.2, -0.15) is 5.26 Å². The van der Waals surface area contributed by atoms with E-state index in [2.05, 4.69) is 16.7 Å². The third-order valence-electron chi connectivity index (χ3n) is 5.50. The van der Waals surface area contributed by atoms with Crippen molar-refractivity contribution < 1.29 is 23.8 Å². The van der Waals surface area contributed by atoms with E-state index in [0.29, 0.717) is 59.6 Å². The number of benzene rings is 2. The lowest BCUT2D eigenvalue weighted by atomic mass is 10.1. The van der Waals surface area contributed by atoms with Gasteiger partial charge in [-0.05, 0) is 61.6 Å². The van der Waals surface area contributed by atoms with E-state index in [0.717, 1.165) is 6.42 Å². The maximum atomic E-state index is 13.2. The molecule has 8 nitrogen and oxygen atoms in total. The van der Waals surface area contributed by atoms with E-state index in [9.17, 15) is 14.9 Å². The van der Waals surface area contributed by atoms with Crippen LogP contribution in [0.15, 0.2) is 36.4 Å². The van der Waals surface area contributed by atoms with Gasteiger partial charge in [-0.25, -0.2) is 4.79 Å². The van der Waals surface area contributed by atoms with Crippen LogP contribution >= 0.6 is 23.2 Å². The van der Waals surface area contributed by atoms with E-state index in [1.54, 1.807) is 30.3 Å². The number of nitrogens with zero attached hydrogens (tertiary/aromatic N) is 1. The van der Waals surface area contributed by atoms with E-state index < -0.39 is 23.8 Å². The van der Waals surface area contributed by atoms with Crippen LogP contribution in [0.2, 0.25) is 10.0 Å². The van der Waals surface area contributed by atoms with Crippen molar-refractivity contribution in [2.75, 3.05) is 13.2 Å². The highest BCUT2D eigenvalue weighted by molar-refractivity contribution is 6.32. The van der Waals surface area contributed by atoms with Crippen LogP contribution in [0.4, 0.5) is 4.79 Å². The Kier molecular flexibility index (Phi) is 7.35. The van der Waals surface area contributed by atoms with E-state index >= 15 is 0 Å². The molecule has 0 saturated heterocycles. The maximum absolute atomic E-state index is 13.2. The summed E-state index contributed by atoms with van der Waals surface area (Å²) in [7, 11) is 0.